The number of carboxylic acids is 1. The number of nitrogens with two attached hydrogens (primary N) is 1. The molecule has 0 amide bonds. The standard InChI is InChI=1S/C15H12ClNO5S/c1-2-21-15(20)14-12(22-7-10(18)19)11(16)13(23-14)8-4-3-5-9(17)6-8/h2-6H,1,7,17H2,(H,18,19). The van der Waals surface area contributed by atoms with Crippen molar-refractivity contribution in [2.45, 2.75) is 0 Å². The van der Waals surface area contributed by atoms with Crippen molar-refractivity contribution in [1.29, 1.82) is 0 Å². The summed E-state index contributed by atoms with van der Waals surface area (Å²) in [6.07, 6.45) is 0.969. The number of esters is 1. The first-order valence-corrected chi connectivity index (χ1v) is 7.48. The van der Waals surface area contributed by atoms with Gasteiger partial charge in [0, 0.05) is 5.69 Å². The van der Waals surface area contributed by atoms with E-state index in [9.17, 15) is 9.59 Å². The number of hydrogen-bond acceptors (Lipinski definition) is 6. The molecule has 0 spiro atoms. The Morgan fingerprint density at radius 3 is 2.78 bits per heavy atom. The van der Waals surface area contributed by atoms with Crippen LogP contribution in [0.1, 0.15) is 9.67 Å². The predicted octanol–water partition coefficient (Wildman–Crippen LogP) is 3.41. The highest BCUT2D eigenvalue weighted by Gasteiger charge is 2.25. The van der Waals surface area contributed by atoms with Crippen LogP contribution in [0.3, 0.4) is 0 Å². The Kier molecular flexibility index (Phi) is 5.25. The summed E-state index contributed by atoms with van der Waals surface area (Å²) in [6, 6.07) is 6.89. The molecule has 6 nitrogen and oxygen atoms in total. The minimum absolute atomic E-state index is 0.0386. The molecule has 0 aliphatic heterocycles. The van der Waals surface area contributed by atoms with Crippen LogP contribution in [-0.4, -0.2) is 23.7 Å². The van der Waals surface area contributed by atoms with Crippen molar-refractivity contribution in [3.63, 3.8) is 0 Å². The second-order valence-corrected chi connectivity index (χ2v) is 5.68. The molecule has 23 heavy (non-hydrogen) atoms. The zero-order valence-corrected chi connectivity index (χ0v) is 13.3. The number of ether oxygens (including phenoxy) is 2. The average molecular weight is 354 g/mol. The minimum atomic E-state index is -1.19. The molecule has 1 aromatic carbocycles. The Morgan fingerprint density at radius 1 is 1.43 bits per heavy atom. The fourth-order valence-electron chi connectivity index (χ4n) is 1.79. The molecule has 8 heteroatoms. The van der Waals surface area contributed by atoms with Crippen molar-refractivity contribution in [2.24, 2.45) is 0 Å². The zero-order chi connectivity index (χ0) is 17.0. The Hall–Kier alpha value is -2.51. The molecule has 3 N–H and O–H groups in total. The van der Waals surface area contributed by atoms with Crippen LogP contribution in [0.15, 0.2) is 37.1 Å². The van der Waals surface area contributed by atoms with Crippen molar-refractivity contribution >= 4 is 40.6 Å². The van der Waals surface area contributed by atoms with E-state index in [0.29, 0.717) is 16.1 Å². The fourth-order valence-corrected chi connectivity index (χ4v) is 3.23. The van der Waals surface area contributed by atoms with Gasteiger partial charge in [0.05, 0.1) is 11.1 Å². The Morgan fingerprint density at radius 2 is 2.17 bits per heavy atom. The third-order valence-electron chi connectivity index (χ3n) is 2.67. The molecule has 0 atom stereocenters. The number of hydrogen-bond donors (Lipinski definition) is 2. The molecule has 1 heterocycles. The molecule has 0 aliphatic carbocycles. The van der Waals surface area contributed by atoms with Gasteiger partial charge in [0.15, 0.2) is 17.2 Å². The monoisotopic (exact) mass is 353 g/mol. The molecule has 1 aromatic heterocycles. The van der Waals surface area contributed by atoms with Crippen molar-refractivity contribution in [3.8, 4) is 16.2 Å². The second-order valence-electron chi connectivity index (χ2n) is 4.28. The van der Waals surface area contributed by atoms with Gasteiger partial charge >= 0.3 is 11.9 Å². The predicted molar refractivity (Wildman–Crippen MR) is 87.9 cm³/mol. The number of carboxylic acid groups (broad SMARTS) is 1. The fraction of sp³-hybridized carbons (Fsp3) is 0.0667. The van der Waals surface area contributed by atoms with Gasteiger partial charge in [-0.2, -0.15) is 0 Å². The highest BCUT2D eigenvalue weighted by Crippen LogP contribution is 2.46. The quantitative estimate of drug-likeness (QED) is 0.469. The average Bonchev–Trinajstić information content (AvgIpc) is 2.82. The van der Waals surface area contributed by atoms with Gasteiger partial charge in [-0.15, -0.1) is 11.3 Å². The van der Waals surface area contributed by atoms with Gasteiger partial charge in [0.25, 0.3) is 0 Å². The maximum Gasteiger partial charge on any atom is 0.357 e. The number of carbonyl (C=O) groups excluding carboxylic acids is 1. The highest BCUT2D eigenvalue weighted by atomic mass is 35.5. The molecular weight excluding hydrogens is 342 g/mol. The van der Waals surface area contributed by atoms with E-state index in [1.807, 2.05) is 0 Å². The lowest BCUT2D eigenvalue weighted by Crippen LogP contribution is -2.11. The lowest BCUT2D eigenvalue weighted by Gasteiger charge is -2.04. The zero-order valence-electron chi connectivity index (χ0n) is 11.7. The number of rotatable bonds is 6. The van der Waals surface area contributed by atoms with E-state index in [4.69, 9.17) is 31.9 Å². The molecule has 2 rings (SSSR count). The van der Waals surface area contributed by atoms with Crippen LogP contribution in [-0.2, 0) is 9.53 Å². The van der Waals surface area contributed by atoms with Gasteiger partial charge in [0.2, 0.25) is 0 Å². The van der Waals surface area contributed by atoms with Crippen LogP contribution in [0, 0.1) is 0 Å². The third kappa shape index (κ3) is 3.82. The van der Waals surface area contributed by atoms with E-state index in [1.54, 1.807) is 24.3 Å². The lowest BCUT2D eigenvalue weighted by atomic mass is 10.1. The molecule has 0 saturated carbocycles. The number of halogens is 1. The smallest absolute Gasteiger partial charge is 0.357 e. The maximum atomic E-state index is 12.0. The van der Waals surface area contributed by atoms with Crippen LogP contribution in [0.4, 0.5) is 5.69 Å². The van der Waals surface area contributed by atoms with Crippen molar-refractivity contribution in [2.75, 3.05) is 12.3 Å². The van der Waals surface area contributed by atoms with Gasteiger partial charge in [-0.05, 0) is 17.7 Å². The van der Waals surface area contributed by atoms with Crippen LogP contribution in [0.5, 0.6) is 5.75 Å². The van der Waals surface area contributed by atoms with Gasteiger partial charge < -0.3 is 20.3 Å². The van der Waals surface area contributed by atoms with Gasteiger partial charge in [-0.1, -0.05) is 30.3 Å². The number of thiophene rings is 1. The molecule has 0 fully saturated rings. The topological polar surface area (TPSA) is 98.9 Å². The van der Waals surface area contributed by atoms with Crippen molar-refractivity contribution in [1.82, 2.24) is 0 Å². The second kappa shape index (κ2) is 7.17. The van der Waals surface area contributed by atoms with E-state index in [-0.39, 0.29) is 15.6 Å². The number of carbonyl (C=O) groups is 2. The summed E-state index contributed by atoms with van der Waals surface area (Å²) >= 11 is 7.28. The number of nitrogen functional groups attached to an aromatic ring is 1. The van der Waals surface area contributed by atoms with Crippen LogP contribution in [0.25, 0.3) is 10.4 Å². The van der Waals surface area contributed by atoms with Gasteiger partial charge in [0.1, 0.15) is 5.02 Å². The Balaban J connectivity index is 2.52. The summed E-state index contributed by atoms with van der Waals surface area (Å²) in [7, 11) is 0. The van der Waals surface area contributed by atoms with Crippen LogP contribution >= 0.6 is 22.9 Å². The van der Waals surface area contributed by atoms with E-state index in [2.05, 4.69) is 6.58 Å². The Bertz CT molecular complexity index is 771. The van der Waals surface area contributed by atoms with Crippen LogP contribution < -0.4 is 10.5 Å². The molecule has 0 saturated heterocycles. The maximum absolute atomic E-state index is 12.0. The van der Waals surface area contributed by atoms with E-state index < -0.39 is 18.5 Å². The van der Waals surface area contributed by atoms with Crippen molar-refractivity contribution in [3.05, 3.63) is 47.0 Å². The first kappa shape index (κ1) is 16.9. The molecule has 0 aliphatic rings. The summed E-state index contributed by atoms with van der Waals surface area (Å²) in [5.41, 5.74) is 6.95. The number of benzene rings is 1. The highest BCUT2D eigenvalue weighted by molar-refractivity contribution is 7.18. The van der Waals surface area contributed by atoms with E-state index >= 15 is 0 Å². The molecule has 120 valence electrons. The summed E-state index contributed by atoms with van der Waals surface area (Å²) in [5.74, 6) is -1.97. The summed E-state index contributed by atoms with van der Waals surface area (Å²) < 4.78 is 9.87. The number of aliphatic carboxylic acids is 1. The summed E-state index contributed by atoms with van der Waals surface area (Å²) in [6.45, 7) is 2.67. The normalized spacial score (nSPS) is 10.1. The van der Waals surface area contributed by atoms with Crippen LogP contribution in [0.2, 0.25) is 5.02 Å². The summed E-state index contributed by atoms with van der Waals surface area (Å²) in [4.78, 5) is 23.3. The van der Waals surface area contributed by atoms with Crippen molar-refractivity contribution < 1.29 is 24.2 Å². The number of anilines is 1. The largest absolute Gasteiger partial charge is 0.479 e. The minimum Gasteiger partial charge on any atom is -0.479 e. The third-order valence-corrected chi connectivity index (χ3v) is 4.35. The van der Waals surface area contributed by atoms with Gasteiger partial charge in [-0.3, -0.25) is 0 Å². The first-order valence-electron chi connectivity index (χ1n) is 6.28. The summed E-state index contributed by atoms with van der Waals surface area (Å²) in [5, 5.41) is 8.87. The molecule has 0 bridgehead atoms. The SMILES string of the molecule is C=COC(=O)c1sc(-c2cccc(N)c2)c(Cl)c1OCC(=O)O. The molecule has 0 unspecified atom stereocenters. The lowest BCUT2D eigenvalue weighted by molar-refractivity contribution is -0.139. The molecule has 0 radical (unpaired) electrons. The molecular formula is C15H12ClNO5S. The van der Waals surface area contributed by atoms with Gasteiger partial charge in [-0.25, -0.2) is 9.59 Å². The first-order chi connectivity index (χ1) is 10.9. The van der Waals surface area contributed by atoms with E-state index in [0.717, 1.165) is 17.6 Å². The Labute approximate surface area is 140 Å². The molecule has 2 aromatic rings. The van der Waals surface area contributed by atoms with E-state index in [1.165, 1.54) is 0 Å².